The number of amides is 2. The zero-order valence-electron chi connectivity index (χ0n) is 17.8. The second-order valence-electron chi connectivity index (χ2n) is 7.84. The van der Waals surface area contributed by atoms with Gasteiger partial charge in [-0.15, -0.1) is 0 Å². The summed E-state index contributed by atoms with van der Waals surface area (Å²) in [5.41, 5.74) is 2.51. The summed E-state index contributed by atoms with van der Waals surface area (Å²) in [5.74, 6) is -0.278. The van der Waals surface area contributed by atoms with Gasteiger partial charge in [-0.1, -0.05) is 18.2 Å². The summed E-state index contributed by atoms with van der Waals surface area (Å²) in [4.78, 5) is 19.3. The van der Waals surface area contributed by atoms with Crippen LogP contribution in [0.2, 0.25) is 0 Å². The number of carbonyl (C=O) groups is 1. The van der Waals surface area contributed by atoms with Gasteiger partial charge in [0.1, 0.15) is 28.9 Å². The van der Waals surface area contributed by atoms with Crippen molar-refractivity contribution >= 4 is 22.8 Å². The number of halogens is 2. The van der Waals surface area contributed by atoms with Gasteiger partial charge in [-0.2, -0.15) is 0 Å². The number of para-hydroxylation sites is 2. The third kappa shape index (κ3) is 4.00. The van der Waals surface area contributed by atoms with Crippen molar-refractivity contribution in [3.63, 3.8) is 0 Å². The Morgan fingerprint density at radius 2 is 2.00 bits per heavy atom. The van der Waals surface area contributed by atoms with Crippen LogP contribution < -0.4 is 10.1 Å². The van der Waals surface area contributed by atoms with E-state index in [0.29, 0.717) is 47.0 Å². The molecule has 1 N–H and O–H groups in total. The predicted molar refractivity (Wildman–Crippen MR) is 120 cm³/mol. The number of hydrogen-bond donors (Lipinski definition) is 1. The monoisotopic (exact) mass is 449 g/mol. The molecule has 2 heterocycles. The fourth-order valence-electron chi connectivity index (χ4n) is 4.18. The molecular weight excluding hydrogens is 428 g/mol. The molecule has 1 aromatic heterocycles. The quantitative estimate of drug-likeness (QED) is 0.406. The summed E-state index contributed by atoms with van der Waals surface area (Å²) in [6.07, 6.45) is 1.53. The van der Waals surface area contributed by atoms with Crippen molar-refractivity contribution in [2.45, 2.75) is 18.9 Å². The van der Waals surface area contributed by atoms with Gasteiger partial charge in [0, 0.05) is 18.2 Å². The number of methoxy groups -OCH3 is 1. The van der Waals surface area contributed by atoms with E-state index in [4.69, 9.17) is 9.15 Å². The first-order valence-electron chi connectivity index (χ1n) is 10.6. The number of carbonyl (C=O) groups excluding carboxylic acids is 1. The maximum Gasteiger partial charge on any atom is 0.322 e. The van der Waals surface area contributed by atoms with E-state index in [-0.39, 0.29) is 17.6 Å². The summed E-state index contributed by atoms with van der Waals surface area (Å²) in [6, 6.07) is 15.2. The van der Waals surface area contributed by atoms with E-state index < -0.39 is 11.6 Å². The van der Waals surface area contributed by atoms with Crippen molar-refractivity contribution in [2.24, 2.45) is 0 Å². The molecule has 8 heteroatoms. The largest absolute Gasteiger partial charge is 0.495 e. The molecule has 4 aromatic rings. The number of benzene rings is 3. The van der Waals surface area contributed by atoms with Crippen LogP contribution in [0.15, 0.2) is 65.1 Å². The number of oxazole rings is 1. The molecular formula is C25H21F2N3O3. The number of anilines is 1. The molecule has 1 aliphatic heterocycles. The van der Waals surface area contributed by atoms with Gasteiger partial charge in [0.05, 0.1) is 12.8 Å². The number of fused-ring (bicyclic) bond motifs is 1. The molecule has 1 saturated heterocycles. The highest BCUT2D eigenvalue weighted by molar-refractivity contribution is 5.91. The summed E-state index contributed by atoms with van der Waals surface area (Å²) in [6.45, 7) is 0.566. The molecule has 1 aliphatic rings. The van der Waals surface area contributed by atoms with Gasteiger partial charge in [-0.25, -0.2) is 18.6 Å². The molecule has 2 amide bonds. The van der Waals surface area contributed by atoms with E-state index in [1.54, 1.807) is 42.3 Å². The first-order chi connectivity index (χ1) is 16.0. The number of nitrogens with one attached hydrogen (secondary N) is 1. The molecule has 168 valence electrons. The minimum Gasteiger partial charge on any atom is -0.495 e. The Labute approximate surface area is 188 Å². The average Bonchev–Trinajstić information content (AvgIpc) is 3.46. The number of hydrogen-bond acceptors (Lipinski definition) is 4. The van der Waals surface area contributed by atoms with Gasteiger partial charge in [0.25, 0.3) is 0 Å². The highest BCUT2D eigenvalue weighted by Crippen LogP contribution is 2.35. The van der Waals surface area contributed by atoms with E-state index in [0.717, 1.165) is 12.5 Å². The molecule has 0 unspecified atom stereocenters. The molecule has 33 heavy (non-hydrogen) atoms. The number of urea groups is 1. The van der Waals surface area contributed by atoms with Crippen LogP contribution in [0.5, 0.6) is 5.75 Å². The number of nitrogens with zero attached hydrogens (tertiary/aromatic N) is 2. The Kier molecular flexibility index (Phi) is 5.42. The van der Waals surface area contributed by atoms with Crippen molar-refractivity contribution in [1.82, 2.24) is 9.88 Å². The number of likely N-dealkylation sites (tertiary alicyclic amines) is 1. The van der Waals surface area contributed by atoms with Crippen LogP contribution in [0.4, 0.5) is 19.3 Å². The van der Waals surface area contributed by atoms with Crippen molar-refractivity contribution in [3.05, 3.63) is 78.2 Å². The fraction of sp³-hybridized carbons (Fsp3) is 0.200. The number of rotatable bonds is 4. The number of ether oxygens (including phenoxy) is 1. The smallest absolute Gasteiger partial charge is 0.322 e. The van der Waals surface area contributed by atoms with Gasteiger partial charge in [0.2, 0.25) is 5.89 Å². The van der Waals surface area contributed by atoms with Crippen molar-refractivity contribution < 1.29 is 22.7 Å². The van der Waals surface area contributed by atoms with Crippen molar-refractivity contribution in [1.29, 1.82) is 0 Å². The molecule has 3 aromatic carbocycles. The molecule has 0 saturated carbocycles. The Morgan fingerprint density at radius 1 is 1.15 bits per heavy atom. The lowest BCUT2D eigenvalue weighted by molar-refractivity contribution is 0.198. The minimum absolute atomic E-state index is 0.265. The van der Waals surface area contributed by atoms with Crippen LogP contribution in [0.25, 0.3) is 22.2 Å². The highest BCUT2D eigenvalue weighted by Gasteiger charge is 2.34. The van der Waals surface area contributed by atoms with Crippen LogP contribution >= 0.6 is 0 Å². The van der Waals surface area contributed by atoms with Crippen LogP contribution in [0, 0.1) is 11.6 Å². The van der Waals surface area contributed by atoms with Gasteiger partial charge in [0.15, 0.2) is 5.58 Å². The van der Waals surface area contributed by atoms with Crippen LogP contribution in [-0.2, 0) is 0 Å². The first-order valence-corrected chi connectivity index (χ1v) is 10.6. The van der Waals surface area contributed by atoms with Gasteiger partial charge in [-0.05, 0) is 54.8 Å². The fourth-order valence-corrected chi connectivity index (χ4v) is 4.18. The SMILES string of the molecule is COc1ccccc1NC(=O)N1CCC[C@@H]1c1nc2cc(-c3ccc(F)cc3F)ccc2o1. The zero-order chi connectivity index (χ0) is 22.9. The topological polar surface area (TPSA) is 67.6 Å². The van der Waals surface area contributed by atoms with Gasteiger partial charge >= 0.3 is 6.03 Å². The average molecular weight is 449 g/mol. The Hall–Kier alpha value is -3.94. The minimum atomic E-state index is -0.645. The Balaban J connectivity index is 1.41. The molecule has 0 spiro atoms. The molecule has 5 rings (SSSR count). The molecule has 1 atom stereocenters. The number of aromatic nitrogens is 1. The lowest BCUT2D eigenvalue weighted by Crippen LogP contribution is -2.34. The van der Waals surface area contributed by atoms with Crippen LogP contribution in [0.1, 0.15) is 24.8 Å². The lowest BCUT2D eigenvalue weighted by Gasteiger charge is -2.23. The maximum atomic E-state index is 14.2. The van der Waals surface area contributed by atoms with Crippen molar-refractivity contribution in [3.8, 4) is 16.9 Å². The van der Waals surface area contributed by atoms with E-state index in [1.807, 2.05) is 12.1 Å². The molecule has 6 nitrogen and oxygen atoms in total. The summed E-state index contributed by atoms with van der Waals surface area (Å²) >= 11 is 0. The van der Waals surface area contributed by atoms with Crippen LogP contribution in [-0.4, -0.2) is 29.6 Å². The molecule has 0 bridgehead atoms. The van der Waals surface area contributed by atoms with Crippen LogP contribution in [0.3, 0.4) is 0 Å². The normalized spacial score (nSPS) is 15.7. The Bertz CT molecular complexity index is 1340. The summed E-state index contributed by atoms with van der Waals surface area (Å²) < 4.78 is 38.7. The standard InChI is InChI=1S/C25H21F2N3O3/c1-32-22-7-3-2-5-19(22)29-25(31)30-12-4-6-21(30)24-28-20-13-15(8-11-23(20)33-24)17-10-9-16(26)14-18(17)27/h2-3,5,7-11,13-14,21H,4,6,12H2,1H3,(H,29,31)/t21-/m1/s1. The third-order valence-electron chi connectivity index (χ3n) is 5.79. The van der Waals surface area contributed by atoms with E-state index in [9.17, 15) is 13.6 Å². The molecule has 1 fully saturated rings. The second-order valence-corrected chi connectivity index (χ2v) is 7.84. The predicted octanol–water partition coefficient (Wildman–Crippen LogP) is 6.15. The summed E-state index contributed by atoms with van der Waals surface area (Å²) in [7, 11) is 1.55. The molecule has 0 radical (unpaired) electrons. The van der Waals surface area contributed by atoms with E-state index in [2.05, 4.69) is 10.3 Å². The zero-order valence-corrected chi connectivity index (χ0v) is 17.8. The molecule has 0 aliphatic carbocycles. The van der Waals surface area contributed by atoms with E-state index in [1.165, 1.54) is 12.1 Å². The van der Waals surface area contributed by atoms with Gasteiger partial charge < -0.3 is 19.4 Å². The van der Waals surface area contributed by atoms with Gasteiger partial charge in [-0.3, -0.25) is 0 Å². The highest BCUT2D eigenvalue weighted by atomic mass is 19.1. The lowest BCUT2D eigenvalue weighted by atomic mass is 10.0. The van der Waals surface area contributed by atoms with Crippen molar-refractivity contribution in [2.75, 3.05) is 19.0 Å². The third-order valence-corrected chi connectivity index (χ3v) is 5.79. The Morgan fingerprint density at radius 3 is 2.82 bits per heavy atom. The van der Waals surface area contributed by atoms with E-state index >= 15 is 0 Å². The maximum absolute atomic E-state index is 14.2. The summed E-state index contributed by atoms with van der Waals surface area (Å²) in [5, 5.41) is 2.90. The second kappa shape index (κ2) is 8.54. The first kappa shape index (κ1) is 20.9.